The Hall–Kier alpha value is -0.980. The minimum atomic E-state index is 0.487. The highest BCUT2D eigenvalue weighted by atomic mass is 16.3. The van der Waals surface area contributed by atoms with E-state index in [4.69, 9.17) is 0 Å². The number of phenols is 1. The molecule has 1 nitrogen and oxygen atoms in total. The Kier molecular flexibility index (Phi) is 2.52. The average Bonchev–Trinajstić information content (AvgIpc) is 2.83. The Morgan fingerprint density at radius 1 is 1.22 bits per heavy atom. The Morgan fingerprint density at radius 2 is 1.94 bits per heavy atom. The average molecular weight is 244 g/mol. The van der Waals surface area contributed by atoms with Gasteiger partial charge in [0.25, 0.3) is 0 Å². The lowest BCUT2D eigenvalue weighted by atomic mass is 9.65. The van der Waals surface area contributed by atoms with Gasteiger partial charge in [-0.25, -0.2) is 0 Å². The fraction of sp³-hybridized carbons (Fsp3) is 0.647. The van der Waals surface area contributed by atoms with Crippen LogP contribution in [0.3, 0.4) is 0 Å². The van der Waals surface area contributed by atoms with Gasteiger partial charge in [-0.05, 0) is 60.0 Å². The van der Waals surface area contributed by atoms with Crippen molar-refractivity contribution in [1.29, 1.82) is 0 Å². The van der Waals surface area contributed by atoms with E-state index < -0.39 is 0 Å². The lowest BCUT2D eigenvalue weighted by molar-refractivity contribution is 0.121. The molecule has 0 saturated heterocycles. The highest BCUT2D eigenvalue weighted by molar-refractivity contribution is 5.43. The first kappa shape index (κ1) is 12.1. The molecule has 4 atom stereocenters. The second kappa shape index (κ2) is 3.76. The normalized spacial score (nSPS) is 37.1. The van der Waals surface area contributed by atoms with E-state index >= 15 is 0 Å². The largest absolute Gasteiger partial charge is 0.507 e. The molecule has 0 unspecified atom stereocenters. The van der Waals surface area contributed by atoms with Crippen molar-refractivity contribution in [3.05, 3.63) is 29.3 Å². The molecule has 2 fully saturated rings. The molecular weight excluding hydrogens is 220 g/mol. The molecule has 1 heteroatoms. The fourth-order valence-electron chi connectivity index (χ4n) is 4.49. The number of rotatable bonds is 1. The molecule has 0 spiro atoms. The van der Waals surface area contributed by atoms with Gasteiger partial charge in [-0.15, -0.1) is 0 Å². The van der Waals surface area contributed by atoms with E-state index in [0.717, 1.165) is 23.3 Å². The summed E-state index contributed by atoms with van der Waals surface area (Å²) >= 11 is 0. The lowest BCUT2D eigenvalue weighted by Crippen LogP contribution is -2.32. The van der Waals surface area contributed by atoms with Crippen LogP contribution in [0.5, 0.6) is 5.75 Å². The van der Waals surface area contributed by atoms with E-state index in [-0.39, 0.29) is 0 Å². The van der Waals surface area contributed by atoms with Crippen LogP contribution in [0.4, 0.5) is 0 Å². The monoisotopic (exact) mass is 244 g/mol. The Morgan fingerprint density at radius 3 is 2.56 bits per heavy atom. The zero-order chi connectivity index (χ0) is 13.1. The summed E-state index contributed by atoms with van der Waals surface area (Å²) < 4.78 is 0. The van der Waals surface area contributed by atoms with Crippen LogP contribution in [0.2, 0.25) is 0 Å². The van der Waals surface area contributed by atoms with E-state index in [9.17, 15) is 5.11 Å². The van der Waals surface area contributed by atoms with Crippen molar-refractivity contribution in [3.8, 4) is 5.75 Å². The molecule has 18 heavy (non-hydrogen) atoms. The Labute approximate surface area is 110 Å². The Balaban J connectivity index is 1.96. The number of aromatic hydroxyl groups is 1. The molecule has 0 heterocycles. The number of hydrogen-bond donors (Lipinski definition) is 1. The molecule has 2 saturated carbocycles. The van der Waals surface area contributed by atoms with E-state index in [1.165, 1.54) is 18.4 Å². The maximum Gasteiger partial charge on any atom is 0.121 e. The van der Waals surface area contributed by atoms with Gasteiger partial charge in [0.1, 0.15) is 5.75 Å². The van der Waals surface area contributed by atoms with Crippen molar-refractivity contribution in [1.82, 2.24) is 0 Å². The summed E-state index contributed by atoms with van der Waals surface area (Å²) in [6.07, 6.45) is 2.62. The van der Waals surface area contributed by atoms with Gasteiger partial charge in [0.15, 0.2) is 0 Å². The predicted octanol–water partition coefficient (Wildman–Crippen LogP) is 4.49. The third-order valence-corrected chi connectivity index (χ3v) is 6.15. The van der Waals surface area contributed by atoms with Gasteiger partial charge in [-0.2, -0.15) is 0 Å². The summed E-state index contributed by atoms with van der Waals surface area (Å²) in [5.41, 5.74) is 2.70. The molecular formula is C17H24O. The molecule has 0 aliphatic heterocycles. The molecule has 0 amide bonds. The third kappa shape index (κ3) is 1.46. The smallest absolute Gasteiger partial charge is 0.121 e. The first-order valence-corrected chi connectivity index (χ1v) is 7.21. The molecule has 1 N–H and O–H groups in total. The van der Waals surface area contributed by atoms with Crippen molar-refractivity contribution >= 4 is 0 Å². The van der Waals surface area contributed by atoms with Gasteiger partial charge in [-0.3, -0.25) is 0 Å². The van der Waals surface area contributed by atoms with Crippen LogP contribution in [0.1, 0.15) is 50.7 Å². The predicted molar refractivity (Wildman–Crippen MR) is 74.7 cm³/mol. The summed E-state index contributed by atoms with van der Waals surface area (Å²) in [6, 6.07) is 6.22. The molecule has 98 valence electrons. The SMILES string of the molecule is Cc1cccc([C@@H]2C[C@@H]3C[C@H]2[C@@H](C)C3(C)C)c1O. The van der Waals surface area contributed by atoms with Gasteiger partial charge in [0.2, 0.25) is 0 Å². The van der Waals surface area contributed by atoms with Gasteiger partial charge in [-0.1, -0.05) is 39.0 Å². The van der Waals surface area contributed by atoms with Crippen LogP contribution in [0.15, 0.2) is 18.2 Å². The van der Waals surface area contributed by atoms with E-state index in [2.05, 4.69) is 32.9 Å². The fourth-order valence-corrected chi connectivity index (χ4v) is 4.49. The maximum atomic E-state index is 10.3. The molecule has 0 radical (unpaired) electrons. The second-order valence-corrected chi connectivity index (χ2v) is 7.06. The lowest BCUT2D eigenvalue weighted by Gasteiger charge is -2.40. The third-order valence-electron chi connectivity index (χ3n) is 6.15. The summed E-state index contributed by atoms with van der Waals surface area (Å²) in [5.74, 6) is 3.49. The van der Waals surface area contributed by atoms with Crippen LogP contribution < -0.4 is 0 Å². The minimum absolute atomic E-state index is 0.487. The maximum absolute atomic E-state index is 10.3. The topological polar surface area (TPSA) is 20.2 Å². The zero-order valence-electron chi connectivity index (χ0n) is 11.9. The first-order valence-electron chi connectivity index (χ1n) is 7.21. The van der Waals surface area contributed by atoms with Gasteiger partial charge in [0, 0.05) is 0 Å². The number of hydrogen-bond acceptors (Lipinski definition) is 1. The van der Waals surface area contributed by atoms with Crippen LogP contribution in [0.25, 0.3) is 0 Å². The minimum Gasteiger partial charge on any atom is -0.507 e. The second-order valence-electron chi connectivity index (χ2n) is 7.06. The molecule has 2 bridgehead atoms. The molecule has 2 aliphatic carbocycles. The number of fused-ring (bicyclic) bond motifs is 2. The molecule has 0 aromatic heterocycles. The van der Waals surface area contributed by atoms with Crippen LogP contribution in [0, 0.1) is 30.1 Å². The highest BCUT2D eigenvalue weighted by Gasteiger charge is 2.55. The van der Waals surface area contributed by atoms with Crippen LogP contribution in [-0.4, -0.2) is 5.11 Å². The first-order chi connectivity index (χ1) is 8.43. The number of aryl methyl sites for hydroxylation is 1. The number of benzene rings is 1. The summed E-state index contributed by atoms with van der Waals surface area (Å²) in [6.45, 7) is 9.26. The van der Waals surface area contributed by atoms with Gasteiger partial charge < -0.3 is 5.11 Å². The van der Waals surface area contributed by atoms with Crippen molar-refractivity contribution in [2.75, 3.05) is 0 Å². The molecule has 1 aromatic carbocycles. The standard InChI is InChI=1S/C17H24O/c1-10-6-5-7-13(16(10)18)15-9-12-8-14(15)11(2)17(12,3)4/h5-7,11-12,14-15,18H,8-9H2,1-4H3/t11-,12+,14+,15+/m1/s1. The van der Waals surface area contributed by atoms with Crippen molar-refractivity contribution in [2.45, 2.75) is 46.5 Å². The Bertz CT molecular complexity index is 470. The highest BCUT2D eigenvalue weighted by Crippen LogP contribution is 2.64. The van der Waals surface area contributed by atoms with E-state index in [1.54, 1.807) is 0 Å². The van der Waals surface area contributed by atoms with Crippen LogP contribution in [-0.2, 0) is 0 Å². The van der Waals surface area contributed by atoms with E-state index in [1.807, 2.05) is 13.0 Å². The summed E-state index contributed by atoms with van der Waals surface area (Å²) in [5, 5.41) is 10.3. The molecule has 3 rings (SSSR count). The molecule has 1 aromatic rings. The molecule has 2 aliphatic rings. The number of para-hydroxylation sites is 1. The van der Waals surface area contributed by atoms with Crippen LogP contribution >= 0.6 is 0 Å². The zero-order valence-corrected chi connectivity index (χ0v) is 11.9. The van der Waals surface area contributed by atoms with Crippen molar-refractivity contribution < 1.29 is 5.11 Å². The van der Waals surface area contributed by atoms with Crippen molar-refractivity contribution in [3.63, 3.8) is 0 Å². The van der Waals surface area contributed by atoms with Crippen molar-refractivity contribution in [2.24, 2.45) is 23.2 Å². The van der Waals surface area contributed by atoms with E-state index in [0.29, 0.717) is 17.1 Å². The summed E-state index contributed by atoms with van der Waals surface area (Å²) in [7, 11) is 0. The summed E-state index contributed by atoms with van der Waals surface area (Å²) in [4.78, 5) is 0. The quantitative estimate of drug-likeness (QED) is 0.772. The number of phenolic OH excluding ortho intramolecular Hbond substituents is 1. The van der Waals surface area contributed by atoms with Gasteiger partial charge in [0.05, 0.1) is 0 Å². The van der Waals surface area contributed by atoms with Gasteiger partial charge >= 0.3 is 0 Å².